The molecule has 5 heteroatoms. The van der Waals surface area contributed by atoms with E-state index in [2.05, 4.69) is 15.5 Å². The minimum Gasteiger partial charge on any atom is -0.392 e. The second kappa shape index (κ2) is 4.06. The van der Waals surface area contributed by atoms with Crippen molar-refractivity contribution in [2.24, 2.45) is 0 Å². The van der Waals surface area contributed by atoms with Crippen LogP contribution >= 0.6 is 0 Å². The summed E-state index contributed by atoms with van der Waals surface area (Å²) in [6, 6.07) is 0.189. The van der Waals surface area contributed by atoms with E-state index in [1.165, 1.54) is 0 Å². The largest absolute Gasteiger partial charge is 0.392 e. The lowest BCUT2D eigenvalue weighted by molar-refractivity contribution is 0.148. The zero-order valence-electron chi connectivity index (χ0n) is 8.23. The summed E-state index contributed by atoms with van der Waals surface area (Å²) >= 11 is 0. The minimum atomic E-state index is -0.219. The van der Waals surface area contributed by atoms with Crippen molar-refractivity contribution in [3.8, 4) is 0 Å². The van der Waals surface area contributed by atoms with Crippen molar-refractivity contribution in [2.45, 2.75) is 44.9 Å². The smallest absolute Gasteiger partial charge is 0.223 e. The minimum absolute atomic E-state index is 0.189. The van der Waals surface area contributed by atoms with Gasteiger partial charge in [0.15, 0.2) is 5.82 Å². The van der Waals surface area contributed by atoms with Crippen molar-refractivity contribution in [1.29, 1.82) is 0 Å². The fraction of sp³-hybridized carbons (Fsp3) is 0.778. The van der Waals surface area contributed by atoms with E-state index in [0.29, 0.717) is 18.3 Å². The lowest BCUT2D eigenvalue weighted by atomic mass is 10.2. The van der Waals surface area contributed by atoms with Gasteiger partial charge in [0, 0.05) is 13.0 Å². The fourth-order valence-corrected chi connectivity index (χ4v) is 1.81. The molecule has 0 bridgehead atoms. The summed E-state index contributed by atoms with van der Waals surface area (Å²) < 4.78 is 4.84. The summed E-state index contributed by atoms with van der Waals surface area (Å²) in [7, 11) is 0. The van der Waals surface area contributed by atoms with Gasteiger partial charge in [-0.3, -0.25) is 0 Å². The molecular weight excluding hydrogens is 182 g/mol. The van der Waals surface area contributed by atoms with Gasteiger partial charge in [0.05, 0.1) is 12.6 Å². The van der Waals surface area contributed by atoms with Crippen LogP contribution in [0.25, 0.3) is 0 Å². The lowest BCUT2D eigenvalue weighted by Crippen LogP contribution is -2.35. The van der Waals surface area contributed by atoms with Crippen molar-refractivity contribution in [3.05, 3.63) is 11.7 Å². The van der Waals surface area contributed by atoms with Crippen LogP contribution in [0, 0.1) is 6.92 Å². The number of hydrogen-bond donors (Lipinski definition) is 2. The average Bonchev–Trinajstić information content (AvgIpc) is 2.72. The molecule has 0 saturated heterocycles. The molecule has 0 unspecified atom stereocenters. The van der Waals surface area contributed by atoms with Crippen LogP contribution in [0.4, 0.5) is 0 Å². The summed E-state index contributed by atoms with van der Waals surface area (Å²) in [6.45, 7) is 2.33. The third-order valence-corrected chi connectivity index (χ3v) is 2.57. The molecular formula is C9H15N3O2. The zero-order chi connectivity index (χ0) is 9.97. The average molecular weight is 197 g/mol. The van der Waals surface area contributed by atoms with Gasteiger partial charge in [0.1, 0.15) is 0 Å². The Balaban J connectivity index is 1.82. The lowest BCUT2D eigenvalue weighted by Gasteiger charge is -2.14. The first-order valence-electron chi connectivity index (χ1n) is 4.96. The van der Waals surface area contributed by atoms with Crippen LogP contribution in [0.5, 0.6) is 0 Å². The van der Waals surface area contributed by atoms with Crippen LogP contribution < -0.4 is 5.32 Å². The second-order valence-corrected chi connectivity index (χ2v) is 3.72. The molecule has 2 N–H and O–H groups in total. The molecule has 1 saturated carbocycles. The van der Waals surface area contributed by atoms with E-state index in [1.807, 2.05) is 0 Å². The van der Waals surface area contributed by atoms with E-state index in [-0.39, 0.29) is 12.1 Å². The highest BCUT2D eigenvalue weighted by Gasteiger charge is 2.24. The highest BCUT2D eigenvalue weighted by molar-refractivity contribution is 4.87. The summed E-state index contributed by atoms with van der Waals surface area (Å²) in [5.41, 5.74) is 0. The predicted molar refractivity (Wildman–Crippen MR) is 49.5 cm³/mol. The number of aromatic nitrogens is 2. The van der Waals surface area contributed by atoms with Crippen molar-refractivity contribution in [2.75, 3.05) is 0 Å². The summed E-state index contributed by atoms with van der Waals surface area (Å²) in [5, 5.41) is 16.5. The molecule has 1 aromatic rings. The maximum Gasteiger partial charge on any atom is 0.223 e. The molecule has 0 aliphatic heterocycles. The van der Waals surface area contributed by atoms with E-state index in [4.69, 9.17) is 4.52 Å². The Labute approximate surface area is 82.5 Å². The molecule has 0 radical (unpaired) electrons. The molecule has 78 valence electrons. The number of nitrogens with zero attached hydrogens (tertiary/aromatic N) is 2. The van der Waals surface area contributed by atoms with E-state index in [1.54, 1.807) is 6.92 Å². The van der Waals surface area contributed by atoms with Crippen molar-refractivity contribution >= 4 is 0 Å². The molecule has 1 aliphatic rings. The number of rotatable bonds is 3. The molecule has 1 aromatic heterocycles. The van der Waals surface area contributed by atoms with Gasteiger partial charge in [-0.1, -0.05) is 5.16 Å². The third-order valence-electron chi connectivity index (χ3n) is 2.57. The topological polar surface area (TPSA) is 71.2 Å². The van der Waals surface area contributed by atoms with Gasteiger partial charge in [0.2, 0.25) is 5.89 Å². The van der Waals surface area contributed by atoms with Crippen LogP contribution in [-0.2, 0) is 6.54 Å². The number of nitrogens with one attached hydrogen (secondary N) is 1. The molecule has 5 nitrogen and oxygen atoms in total. The molecule has 0 amide bonds. The van der Waals surface area contributed by atoms with Crippen molar-refractivity contribution in [3.63, 3.8) is 0 Å². The molecule has 2 atom stereocenters. The van der Waals surface area contributed by atoms with Gasteiger partial charge in [0.25, 0.3) is 0 Å². The van der Waals surface area contributed by atoms with E-state index in [9.17, 15) is 5.11 Å². The van der Waals surface area contributed by atoms with Gasteiger partial charge in [-0.2, -0.15) is 4.98 Å². The number of hydrogen-bond acceptors (Lipinski definition) is 5. The molecule has 14 heavy (non-hydrogen) atoms. The molecule has 2 rings (SSSR count). The molecule has 0 spiro atoms. The summed E-state index contributed by atoms with van der Waals surface area (Å²) in [6.07, 6.45) is 2.79. The van der Waals surface area contributed by atoms with Crippen LogP contribution in [0.3, 0.4) is 0 Å². The Hall–Kier alpha value is -0.940. The van der Waals surface area contributed by atoms with E-state index in [0.717, 1.165) is 19.3 Å². The number of aliphatic hydroxyl groups is 1. The zero-order valence-corrected chi connectivity index (χ0v) is 8.23. The van der Waals surface area contributed by atoms with Crippen LogP contribution in [-0.4, -0.2) is 27.4 Å². The van der Waals surface area contributed by atoms with Gasteiger partial charge in [-0.15, -0.1) is 0 Å². The maximum atomic E-state index is 9.55. The Morgan fingerprint density at radius 1 is 1.57 bits per heavy atom. The van der Waals surface area contributed by atoms with Crippen molar-refractivity contribution < 1.29 is 9.63 Å². The predicted octanol–water partition coefficient (Wildman–Crippen LogP) is 0.381. The third kappa shape index (κ3) is 2.10. The Kier molecular flexibility index (Phi) is 2.79. The van der Waals surface area contributed by atoms with Crippen LogP contribution in [0.2, 0.25) is 0 Å². The Bertz CT molecular complexity index is 300. The quantitative estimate of drug-likeness (QED) is 0.733. The molecule has 0 aromatic carbocycles. The Morgan fingerprint density at radius 3 is 3.00 bits per heavy atom. The standard InChI is InChI=1S/C9H15N3O2/c1-6-11-9(12-14-6)5-10-7-3-2-4-8(7)13/h7-8,10,13H,2-5H2,1H3/t7-,8-/m0/s1. The van der Waals surface area contributed by atoms with Gasteiger partial charge in [-0.05, 0) is 19.3 Å². The molecule has 1 fully saturated rings. The summed E-state index contributed by atoms with van der Waals surface area (Å²) in [5.74, 6) is 1.23. The Morgan fingerprint density at radius 2 is 2.43 bits per heavy atom. The fourth-order valence-electron chi connectivity index (χ4n) is 1.81. The molecule has 1 heterocycles. The summed E-state index contributed by atoms with van der Waals surface area (Å²) in [4.78, 5) is 4.07. The highest BCUT2D eigenvalue weighted by atomic mass is 16.5. The maximum absolute atomic E-state index is 9.55. The van der Waals surface area contributed by atoms with Gasteiger partial charge in [-0.25, -0.2) is 0 Å². The number of aliphatic hydroxyl groups excluding tert-OH is 1. The van der Waals surface area contributed by atoms with E-state index < -0.39 is 0 Å². The van der Waals surface area contributed by atoms with E-state index >= 15 is 0 Å². The van der Waals surface area contributed by atoms with Gasteiger partial charge < -0.3 is 14.9 Å². The monoisotopic (exact) mass is 197 g/mol. The second-order valence-electron chi connectivity index (χ2n) is 3.72. The van der Waals surface area contributed by atoms with Gasteiger partial charge >= 0.3 is 0 Å². The van der Waals surface area contributed by atoms with Crippen molar-refractivity contribution in [1.82, 2.24) is 15.5 Å². The first-order valence-corrected chi connectivity index (χ1v) is 4.96. The first kappa shape index (κ1) is 9.61. The van der Waals surface area contributed by atoms with Crippen LogP contribution in [0.15, 0.2) is 4.52 Å². The SMILES string of the molecule is Cc1nc(CN[C@H]2CCC[C@@H]2O)no1. The normalized spacial score (nSPS) is 27.0. The molecule has 1 aliphatic carbocycles. The number of aryl methyl sites for hydroxylation is 1. The van der Waals surface area contributed by atoms with Crippen LogP contribution in [0.1, 0.15) is 31.0 Å². The first-order chi connectivity index (χ1) is 6.75. The highest BCUT2D eigenvalue weighted by Crippen LogP contribution is 2.18.